The number of anilines is 1. The van der Waals surface area contributed by atoms with Crippen molar-refractivity contribution < 1.29 is 0 Å². The van der Waals surface area contributed by atoms with E-state index in [1.165, 1.54) is 4.68 Å². The van der Waals surface area contributed by atoms with Gasteiger partial charge in [-0.3, -0.25) is 9.48 Å². The molecule has 112 valence electrons. The van der Waals surface area contributed by atoms with Crippen molar-refractivity contribution in [2.24, 2.45) is 0 Å². The lowest BCUT2D eigenvalue weighted by Gasteiger charge is -2.18. The maximum absolute atomic E-state index is 12.2. The number of nitrogens with zero attached hydrogens (tertiary/aromatic N) is 4. The molecule has 0 fully saturated rings. The molecule has 2 aromatic heterocycles. The zero-order chi connectivity index (χ0) is 15.0. The van der Waals surface area contributed by atoms with Gasteiger partial charge < -0.3 is 5.32 Å². The number of nitrogens with one attached hydrogen (secondary N) is 1. The summed E-state index contributed by atoms with van der Waals surface area (Å²) in [4.78, 5) is 12.2. The maximum atomic E-state index is 12.2. The lowest BCUT2D eigenvalue weighted by atomic mass is 10.1. The molecule has 1 aliphatic rings. The predicted molar refractivity (Wildman–Crippen MR) is 82.1 cm³/mol. The van der Waals surface area contributed by atoms with Gasteiger partial charge in [-0.15, -0.1) is 0 Å². The number of hydrogen-bond donors (Lipinski definition) is 1. The minimum absolute atomic E-state index is 0.124. The summed E-state index contributed by atoms with van der Waals surface area (Å²) in [5, 5.41) is 12.7. The fourth-order valence-electron chi connectivity index (χ4n) is 2.62. The largest absolute Gasteiger partial charge is 0.383 e. The highest BCUT2D eigenvalue weighted by Crippen LogP contribution is 2.21. The summed E-state index contributed by atoms with van der Waals surface area (Å²) in [5.74, 6) is 0. The quantitative estimate of drug-likeness (QED) is 0.939. The van der Waals surface area contributed by atoms with E-state index in [-0.39, 0.29) is 5.56 Å². The SMILES string of the molecule is CCn1nc(C)c(Cl)c1Cn1nc2c(cc1=O)NCCC2. The molecule has 0 bridgehead atoms. The minimum Gasteiger partial charge on any atom is -0.383 e. The van der Waals surface area contributed by atoms with Crippen LogP contribution in [0.15, 0.2) is 10.9 Å². The van der Waals surface area contributed by atoms with Gasteiger partial charge in [0.05, 0.1) is 34.3 Å². The van der Waals surface area contributed by atoms with Gasteiger partial charge in [-0.1, -0.05) is 11.6 Å². The molecule has 0 radical (unpaired) electrons. The fraction of sp³-hybridized carbons (Fsp3) is 0.500. The van der Waals surface area contributed by atoms with Crippen LogP contribution in [0.1, 0.15) is 30.4 Å². The highest BCUT2D eigenvalue weighted by molar-refractivity contribution is 6.31. The van der Waals surface area contributed by atoms with Gasteiger partial charge in [-0.25, -0.2) is 4.68 Å². The van der Waals surface area contributed by atoms with Crippen LogP contribution in [0.4, 0.5) is 5.69 Å². The Labute approximate surface area is 127 Å². The second-order valence-electron chi connectivity index (χ2n) is 5.19. The van der Waals surface area contributed by atoms with Crippen LogP contribution in [0.2, 0.25) is 5.02 Å². The second kappa shape index (κ2) is 5.52. The number of hydrogen-bond acceptors (Lipinski definition) is 4. The molecule has 0 amide bonds. The van der Waals surface area contributed by atoms with E-state index in [1.54, 1.807) is 6.07 Å². The number of aryl methyl sites for hydroxylation is 3. The Morgan fingerprint density at radius 2 is 2.19 bits per heavy atom. The van der Waals surface area contributed by atoms with Crippen molar-refractivity contribution in [3.8, 4) is 0 Å². The first-order chi connectivity index (χ1) is 10.1. The van der Waals surface area contributed by atoms with Crippen LogP contribution in [0.5, 0.6) is 0 Å². The summed E-state index contributed by atoms with van der Waals surface area (Å²) in [5.41, 5.74) is 3.28. The molecule has 0 unspecified atom stereocenters. The van der Waals surface area contributed by atoms with E-state index in [1.807, 2.05) is 18.5 Å². The van der Waals surface area contributed by atoms with Gasteiger partial charge in [0, 0.05) is 19.2 Å². The highest BCUT2D eigenvalue weighted by Gasteiger charge is 2.17. The van der Waals surface area contributed by atoms with Gasteiger partial charge in [0.15, 0.2) is 0 Å². The molecule has 3 heterocycles. The Hall–Kier alpha value is -1.82. The summed E-state index contributed by atoms with van der Waals surface area (Å²) in [6.07, 6.45) is 1.92. The van der Waals surface area contributed by atoms with E-state index in [4.69, 9.17) is 11.6 Å². The highest BCUT2D eigenvalue weighted by atomic mass is 35.5. The first kappa shape index (κ1) is 14.1. The summed E-state index contributed by atoms with van der Waals surface area (Å²) in [6.45, 7) is 5.82. The number of fused-ring (bicyclic) bond motifs is 1. The summed E-state index contributed by atoms with van der Waals surface area (Å²) >= 11 is 6.30. The number of rotatable bonds is 3. The van der Waals surface area contributed by atoms with E-state index < -0.39 is 0 Å². The molecule has 21 heavy (non-hydrogen) atoms. The monoisotopic (exact) mass is 307 g/mol. The van der Waals surface area contributed by atoms with Crippen molar-refractivity contribution >= 4 is 17.3 Å². The molecule has 0 atom stereocenters. The van der Waals surface area contributed by atoms with Gasteiger partial charge in [-0.2, -0.15) is 10.2 Å². The second-order valence-corrected chi connectivity index (χ2v) is 5.57. The average Bonchev–Trinajstić information content (AvgIpc) is 2.75. The molecule has 0 spiro atoms. The summed E-state index contributed by atoms with van der Waals surface area (Å²) in [7, 11) is 0. The normalized spacial score (nSPS) is 13.9. The molecular weight excluding hydrogens is 290 g/mol. The molecule has 0 saturated carbocycles. The van der Waals surface area contributed by atoms with E-state index in [9.17, 15) is 4.79 Å². The van der Waals surface area contributed by atoms with Crippen LogP contribution in [0.25, 0.3) is 0 Å². The first-order valence-corrected chi connectivity index (χ1v) is 7.54. The van der Waals surface area contributed by atoms with Crippen molar-refractivity contribution in [3.63, 3.8) is 0 Å². The minimum atomic E-state index is -0.124. The fourth-order valence-corrected chi connectivity index (χ4v) is 2.82. The Bertz CT molecular complexity index is 734. The van der Waals surface area contributed by atoms with E-state index in [0.29, 0.717) is 18.1 Å². The van der Waals surface area contributed by atoms with E-state index in [0.717, 1.165) is 42.2 Å². The molecule has 3 rings (SSSR count). The van der Waals surface area contributed by atoms with Gasteiger partial charge in [0.2, 0.25) is 0 Å². The van der Waals surface area contributed by atoms with E-state index >= 15 is 0 Å². The first-order valence-electron chi connectivity index (χ1n) is 7.17. The molecule has 1 aliphatic heterocycles. The Balaban J connectivity index is 2.01. The molecule has 0 saturated heterocycles. The zero-order valence-corrected chi connectivity index (χ0v) is 12.9. The Morgan fingerprint density at radius 3 is 2.95 bits per heavy atom. The third kappa shape index (κ3) is 2.55. The smallest absolute Gasteiger partial charge is 0.269 e. The molecule has 7 heteroatoms. The Morgan fingerprint density at radius 1 is 1.38 bits per heavy atom. The standard InChI is InChI=1S/C14H18ClN5O/c1-3-19-12(14(15)9(2)17-19)8-20-13(21)7-11-10(18-20)5-4-6-16-11/h7,16H,3-6,8H2,1-2H3. The predicted octanol–water partition coefficient (Wildman–Crippen LogP) is 1.83. The molecule has 2 aromatic rings. The van der Waals surface area contributed by atoms with Crippen molar-refractivity contribution in [1.82, 2.24) is 19.6 Å². The molecule has 1 N–H and O–H groups in total. The topological polar surface area (TPSA) is 64.7 Å². The third-order valence-electron chi connectivity index (χ3n) is 3.73. The number of aromatic nitrogens is 4. The van der Waals surface area contributed by atoms with Crippen LogP contribution < -0.4 is 10.9 Å². The van der Waals surface area contributed by atoms with Crippen LogP contribution in [-0.4, -0.2) is 26.1 Å². The van der Waals surface area contributed by atoms with Crippen LogP contribution >= 0.6 is 11.6 Å². The van der Waals surface area contributed by atoms with Gasteiger partial charge in [0.1, 0.15) is 0 Å². The number of halogens is 1. The van der Waals surface area contributed by atoms with Crippen LogP contribution in [-0.2, 0) is 19.5 Å². The molecule has 0 aromatic carbocycles. The molecular formula is C14H18ClN5O. The van der Waals surface area contributed by atoms with Crippen LogP contribution in [0, 0.1) is 6.92 Å². The Kier molecular flexibility index (Phi) is 3.71. The van der Waals surface area contributed by atoms with Crippen molar-refractivity contribution in [2.45, 2.75) is 39.8 Å². The van der Waals surface area contributed by atoms with E-state index in [2.05, 4.69) is 15.5 Å². The molecule has 0 aliphatic carbocycles. The summed E-state index contributed by atoms with van der Waals surface area (Å²) < 4.78 is 3.30. The maximum Gasteiger partial charge on any atom is 0.269 e. The van der Waals surface area contributed by atoms with Crippen molar-refractivity contribution in [3.05, 3.63) is 38.5 Å². The lowest BCUT2D eigenvalue weighted by molar-refractivity contribution is 0.549. The third-order valence-corrected chi connectivity index (χ3v) is 4.22. The van der Waals surface area contributed by atoms with Gasteiger partial charge in [-0.05, 0) is 26.7 Å². The average molecular weight is 308 g/mol. The van der Waals surface area contributed by atoms with Crippen molar-refractivity contribution in [2.75, 3.05) is 11.9 Å². The van der Waals surface area contributed by atoms with Gasteiger partial charge in [0.25, 0.3) is 5.56 Å². The zero-order valence-electron chi connectivity index (χ0n) is 12.2. The summed E-state index contributed by atoms with van der Waals surface area (Å²) in [6, 6.07) is 1.62. The van der Waals surface area contributed by atoms with Gasteiger partial charge >= 0.3 is 0 Å². The molecule has 6 nitrogen and oxygen atoms in total. The van der Waals surface area contributed by atoms with Crippen molar-refractivity contribution in [1.29, 1.82) is 0 Å². The van der Waals surface area contributed by atoms with Crippen LogP contribution in [0.3, 0.4) is 0 Å². The lowest BCUT2D eigenvalue weighted by Crippen LogP contribution is -2.28.